The van der Waals surface area contributed by atoms with E-state index < -0.39 is 0 Å². The summed E-state index contributed by atoms with van der Waals surface area (Å²) >= 11 is 0. The number of imidazole rings is 1. The second kappa shape index (κ2) is 7.02. The lowest BCUT2D eigenvalue weighted by Gasteiger charge is -2.13. The SMILES string of the molecule is COBN(C)CCCNC(=O)n1ccnc1. The van der Waals surface area contributed by atoms with Gasteiger partial charge in [0.15, 0.2) is 0 Å². The first-order valence-electron chi connectivity index (χ1n) is 5.17. The molecule has 6 nitrogen and oxygen atoms in total. The van der Waals surface area contributed by atoms with Crippen molar-refractivity contribution in [3.05, 3.63) is 18.7 Å². The van der Waals surface area contributed by atoms with E-state index in [1.54, 1.807) is 19.5 Å². The molecule has 0 radical (unpaired) electrons. The van der Waals surface area contributed by atoms with Crippen molar-refractivity contribution in [3.63, 3.8) is 0 Å². The lowest BCUT2D eigenvalue weighted by Crippen LogP contribution is -2.32. The molecule has 0 aliphatic carbocycles. The molecule has 0 saturated heterocycles. The highest BCUT2D eigenvalue weighted by atomic mass is 16.4. The molecule has 1 aromatic rings. The van der Waals surface area contributed by atoms with Gasteiger partial charge in [-0.2, -0.15) is 0 Å². The first-order chi connectivity index (χ1) is 7.74. The van der Waals surface area contributed by atoms with E-state index in [4.69, 9.17) is 4.65 Å². The summed E-state index contributed by atoms with van der Waals surface area (Å²) < 4.78 is 6.38. The second-order valence-corrected chi connectivity index (χ2v) is 3.55. The Hall–Kier alpha value is -1.34. The van der Waals surface area contributed by atoms with Crippen molar-refractivity contribution in [1.29, 1.82) is 0 Å². The molecule has 0 unspecified atom stereocenters. The summed E-state index contributed by atoms with van der Waals surface area (Å²) in [4.78, 5) is 17.3. The molecule has 0 spiro atoms. The number of hydrogen-bond donors (Lipinski definition) is 1. The Kier molecular flexibility index (Phi) is 5.59. The van der Waals surface area contributed by atoms with Gasteiger partial charge in [-0.15, -0.1) is 0 Å². The maximum Gasteiger partial charge on any atom is 0.363 e. The summed E-state index contributed by atoms with van der Waals surface area (Å²) in [5, 5.41) is 2.80. The molecule has 1 N–H and O–H groups in total. The topological polar surface area (TPSA) is 59.4 Å². The highest BCUT2D eigenvalue weighted by Gasteiger charge is 2.03. The largest absolute Gasteiger partial charge is 0.427 e. The van der Waals surface area contributed by atoms with Gasteiger partial charge in [-0.3, -0.25) is 4.57 Å². The van der Waals surface area contributed by atoms with Crippen LogP contribution < -0.4 is 5.32 Å². The number of nitrogens with one attached hydrogen (secondary N) is 1. The third-order valence-corrected chi connectivity index (χ3v) is 2.08. The van der Waals surface area contributed by atoms with Gasteiger partial charge in [0, 0.05) is 26.0 Å². The zero-order chi connectivity index (χ0) is 11.8. The van der Waals surface area contributed by atoms with Gasteiger partial charge in [0.1, 0.15) is 6.33 Å². The minimum Gasteiger partial charge on any atom is -0.427 e. The van der Waals surface area contributed by atoms with E-state index in [2.05, 4.69) is 10.3 Å². The molecule has 1 aromatic heterocycles. The maximum atomic E-state index is 11.4. The molecule has 0 bridgehead atoms. The monoisotopic (exact) mass is 224 g/mol. The molecule has 1 amide bonds. The van der Waals surface area contributed by atoms with Gasteiger partial charge in [0.25, 0.3) is 0 Å². The second-order valence-electron chi connectivity index (χ2n) is 3.55. The third-order valence-electron chi connectivity index (χ3n) is 2.08. The number of rotatable bonds is 6. The molecule has 16 heavy (non-hydrogen) atoms. The Balaban J connectivity index is 2.09. The van der Waals surface area contributed by atoms with Gasteiger partial charge < -0.3 is 14.8 Å². The number of nitrogens with zero attached hydrogens (tertiary/aromatic N) is 3. The summed E-state index contributed by atoms with van der Waals surface area (Å²) in [5.74, 6) is 0. The van der Waals surface area contributed by atoms with Gasteiger partial charge >= 0.3 is 13.6 Å². The van der Waals surface area contributed by atoms with Crippen molar-refractivity contribution >= 4 is 13.6 Å². The first-order valence-corrected chi connectivity index (χ1v) is 5.17. The highest BCUT2D eigenvalue weighted by Crippen LogP contribution is 1.87. The summed E-state index contributed by atoms with van der Waals surface area (Å²) in [6.45, 7) is 1.53. The fourth-order valence-electron chi connectivity index (χ4n) is 1.30. The Labute approximate surface area is 95.9 Å². The van der Waals surface area contributed by atoms with E-state index in [1.165, 1.54) is 10.9 Å². The average molecular weight is 224 g/mol. The fourth-order valence-corrected chi connectivity index (χ4v) is 1.30. The maximum absolute atomic E-state index is 11.4. The molecule has 7 heteroatoms. The summed E-state index contributed by atoms with van der Waals surface area (Å²) in [5.41, 5.74) is 0. The van der Waals surface area contributed by atoms with E-state index >= 15 is 0 Å². The number of carbonyl (C=O) groups is 1. The Morgan fingerprint density at radius 3 is 3.12 bits per heavy atom. The quantitative estimate of drug-likeness (QED) is 0.531. The van der Waals surface area contributed by atoms with Crippen LogP contribution in [-0.2, 0) is 4.65 Å². The van der Waals surface area contributed by atoms with Crippen LogP contribution in [0.1, 0.15) is 6.42 Å². The molecule has 0 aliphatic heterocycles. The van der Waals surface area contributed by atoms with Gasteiger partial charge in [-0.05, 0) is 20.0 Å². The summed E-state index contributed by atoms with van der Waals surface area (Å²) in [7, 11) is 4.24. The summed E-state index contributed by atoms with van der Waals surface area (Å²) in [6.07, 6.45) is 5.56. The zero-order valence-electron chi connectivity index (χ0n) is 9.72. The number of hydrogen-bond acceptors (Lipinski definition) is 4. The average Bonchev–Trinajstić information content (AvgIpc) is 2.78. The van der Waals surface area contributed by atoms with Crippen molar-refractivity contribution in [1.82, 2.24) is 19.7 Å². The first kappa shape index (κ1) is 12.7. The normalized spacial score (nSPS) is 10.4. The predicted molar refractivity (Wildman–Crippen MR) is 62.4 cm³/mol. The van der Waals surface area contributed by atoms with Gasteiger partial charge in [-0.1, -0.05) is 0 Å². The highest BCUT2D eigenvalue weighted by molar-refractivity contribution is 6.23. The minimum atomic E-state index is -0.146. The van der Waals surface area contributed by atoms with Crippen LogP contribution in [0.2, 0.25) is 0 Å². The number of aromatic nitrogens is 2. The minimum absolute atomic E-state index is 0.146. The van der Waals surface area contributed by atoms with Crippen molar-refractivity contribution in [2.45, 2.75) is 6.42 Å². The molecule has 0 fully saturated rings. The smallest absolute Gasteiger partial charge is 0.363 e. The van der Waals surface area contributed by atoms with Crippen molar-refractivity contribution in [2.24, 2.45) is 0 Å². The predicted octanol–water partition coefficient (Wildman–Crippen LogP) is -0.324. The Morgan fingerprint density at radius 2 is 2.50 bits per heavy atom. The Morgan fingerprint density at radius 1 is 1.69 bits per heavy atom. The van der Waals surface area contributed by atoms with Gasteiger partial charge in [0.2, 0.25) is 0 Å². The van der Waals surface area contributed by atoms with E-state index in [9.17, 15) is 4.79 Å². The molecule has 0 aliphatic rings. The van der Waals surface area contributed by atoms with Crippen LogP contribution in [0.25, 0.3) is 0 Å². The third kappa shape index (κ3) is 4.46. The molecule has 1 heterocycles. The summed E-state index contributed by atoms with van der Waals surface area (Å²) in [6, 6.07) is -0.146. The van der Waals surface area contributed by atoms with Crippen LogP contribution in [0.3, 0.4) is 0 Å². The Bertz CT molecular complexity index is 304. The van der Waals surface area contributed by atoms with Gasteiger partial charge in [-0.25, -0.2) is 9.78 Å². The molecule has 0 atom stereocenters. The molecule has 0 aromatic carbocycles. The van der Waals surface area contributed by atoms with Gasteiger partial charge in [0.05, 0.1) is 0 Å². The van der Waals surface area contributed by atoms with Crippen molar-refractivity contribution in [2.75, 3.05) is 27.2 Å². The van der Waals surface area contributed by atoms with Crippen LogP contribution in [0, 0.1) is 0 Å². The van der Waals surface area contributed by atoms with Crippen molar-refractivity contribution < 1.29 is 9.45 Å². The standard InChI is InChI=1S/C9H17BN4O2/c1-13(10-16-2)6-3-4-12-9(15)14-7-5-11-8-14/h5,7-8,10H,3-4,6H2,1-2H3,(H,12,15). The lowest BCUT2D eigenvalue weighted by molar-refractivity contribution is 0.242. The molecule has 0 saturated carbocycles. The van der Waals surface area contributed by atoms with Crippen molar-refractivity contribution in [3.8, 4) is 0 Å². The molecular weight excluding hydrogens is 207 g/mol. The van der Waals surface area contributed by atoms with Crippen LogP contribution >= 0.6 is 0 Å². The van der Waals surface area contributed by atoms with E-state index in [0.717, 1.165) is 13.0 Å². The van der Waals surface area contributed by atoms with Crippen LogP contribution in [0.4, 0.5) is 4.79 Å². The number of amides is 1. The molecule has 88 valence electrons. The zero-order valence-corrected chi connectivity index (χ0v) is 9.72. The van der Waals surface area contributed by atoms with Crippen LogP contribution in [0.5, 0.6) is 0 Å². The van der Waals surface area contributed by atoms with E-state index in [-0.39, 0.29) is 6.03 Å². The van der Waals surface area contributed by atoms with E-state index in [0.29, 0.717) is 14.2 Å². The van der Waals surface area contributed by atoms with Crippen LogP contribution in [0.15, 0.2) is 18.7 Å². The number of carbonyl (C=O) groups excluding carboxylic acids is 1. The molecule has 1 rings (SSSR count). The fraction of sp³-hybridized carbons (Fsp3) is 0.556. The van der Waals surface area contributed by atoms with E-state index in [1.807, 2.05) is 11.9 Å². The molecular formula is C9H17BN4O2. The lowest BCUT2D eigenvalue weighted by atomic mass is 10.2. The van der Waals surface area contributed by atoms with Crippen LogP contribution in [-0.4, -0.2) is 55.3 Å².